The summed E-state index contributed by atoms with van der Waals surface area (Å²) >= 11 is -9.74. The summed E-state index contributed by atoms with van der Waals surface area (Å²) in [7, 11) is -0.0497. The van der Waals surface area contributed by atoms with Gasteiger partial charge in [-0.3, -0.25) is 0 Å². The van der Waals surface area contributed by atoms with Crippen LogP contribution in [0.1, 0.15) is 26.3 Å². The molecule has 68 heavy (non-hydrogen) atoms. The van der Waals surface area contributed by atoms with Crippen LogP contribution in [-0.4, -0.2) is 15.0 Å². The second-order valence-corrected chi connectivity index (χ2v) is 26.0. The predicted octanol–water partition coefficient (Wildman–Crippen LogP) is 11.9. The molecule has 0 nitrogen and oxygen atoms in total. The standard InChI is InChI=1S/C22H23S.4C6F5.Ga/c1-22(2,3)18-14-16-21(17-15-18)23(19-10-6-4-7-11-19)20-12-8-5-9-13-20;4*7-2-1-3(8)5(10)6(11)4(2)9;/h4-17H,1-3H3;;;;;/q+1;;;;;-1. The Balaban J connectivity index is 0.000000276. The molecule has 356 valence electrons. The first kappa shape index (κ1) is 51.5. The fourth-order valence-corrected chi connectivity index (χ4v) is 21.7. The molecule has 0 heterocycles. The van der Waals surface area contributed by atoms with Crippen molar-refractivity contribution in [3.63, 3.8) is 0 Å². The fourth-order valence-electron chi connectivity index (χ4n) is 7.49. The van der Waals surface area contributed by atoms with Crippen molar-refractivity contribution in [2.24, 2.45) is 0 Å². The fraction of sp³-hybridized carbons (Fsp3) is 0.0870. The van der Waals surface area contributed by atoms with Crippen molar-refractivity contribution in [1.82, 2.24) is 0 Å². The van der Waals surface area contributed by atoms with Crippen molar-refractivity contribution >= 4 is 42.4 Å². The Morgan fingerprint density at radius 3 is 0.662 bits per heavy atom. The molecule has 0 bridgehead atoms. The van der Waals surface area contributed by atoms with Crippen LogP contribution in [0.25, 0.3) is 0 Å². The topological polar surface area (TPSA) is 0 Å². The normalized spacial score (nSPS) is 11.9. The average Bonchev–Trinajstić information content (AvgIpc) is 3.32. The molecule has 0 fully saturated rings. The Kier molecular flexibility index (Phi) is 14.6. The predicted molar refractivity (Wildman–Crippen MR) is 209 cm³/mol. The van der Waals surface area contributed by atoms with Gasteiger partial charge in [0.25, 0.3) is 0 Å². The molecule has 0 amide bonds. The van der Waals surface area contributed by atoms with Crippen LogP contribution in [0.4, 0.5) is 87.8 Å². The van der Waals surface area contributed by atoms with Gasteiger partial charge in [0.15, 0.2) is 14.7 Å². The van der Waals surface area contributed by atoms with Crippen LogP contribution in [-0.2, 0) is 16.3 Å². The van der Waals surface area contributed by atoms with Crippen molar-refractivity contribution < 1.29 is 87.8 Å². The average molecular weight is 1060 g/mol. The van der Waals surface area contributed by atoms with Gasteiger partial charge in [0.1, 0.15) is 0 Å². The van der Waals surface area contributed by atoms with Gasteiger partial charge in [-0.05, 0) is 47.4 Å². The van der Waals surface area contributed by atoms with Gasteiger partial charge in [-0.1, -0.05) is 69.3 Å². The van der Waals surface area contributed by atoms with E-state index in [0.29, 0.717) is 0 Å². The zero-order valence-corrected chi connectivity index (χ0v) is 37.4. The van der Waals surface area contributed by atoms with Crippen molar-refractivity contribution in [3.8, 4) is 0 Å². The van der Waals surface area contributed by atoms with Crippen molar-refractivity contribution in [1.29, 1.82) is 0 Å². The third-order valence-electron chi connectivity index (χ3n) is 10.6. The molecule has 0 aliphatic carbocycles. The van der Waals surface area contributed by atoms with Crippen LogP contribution in [0.15, 0.2) is 99.6 Å². The molecule has 0 aliphatic heterocycles. The Labute approximate surface area is 376 Å². The van der Waals surface area contributed by atoms with E-state index in [0.717, 1.165) is 0 Å². The molecule has 0 atom stereocenters. The Bertz CT molecular complexity index is 2660. The van der Waals surface area contributed by atoms with Crippen molar-refractivity contribution in [2.75, 3.05) is 0 Å². The van der Waals surface area contributed by atoms with Gasteiger partial charge in [-0.15, -0.1) is 0 Å². The van der Waals surface area contributed by atoms with E-state index in [9.17, 15) is 52.7 Å². The second kappa shape index (κ2) is 19.3. The third kappa shape index (κ3) is 8.41. The molecule has 7 aromatic carbocycles. The van der Waals surface area contributed by atoms with Crippen LogP contribution >= 0.6 is 0 Å². The maximum absolute atomic E-state index is 15.4. The minimum atomic E-state index is -9.74. The van der Waals surface area contributed by atoms with E-state index in [-0.39, 0.29) is 16.3 Å². The SMILES string of the molecule is CC(C)(C)c1ccc([S+](c2ccccc2)c2ccccc2)cc1.Fc1c(F)c(F)[c]([Ga-]([c]2c(F)c(F)c(F)c(F)c2F)([c]2c(F)c(F)c(F)c(F)c2F)[c]2c(F)c(F)c(F)c(F)c2F)c(F)c1F. The second-order valence-electron chi connectivity index (χ2n) is 15.5. The number of hydrogen-bond acceptors (Lipinski definition) is 0. The minimum absolute atomic E-state index is 0.0497. The zero-order valence-electron chi connectivity index (χ0n) is 34.1. The number of halogens is 20. The molecule has 0 spiro atoms. The summed E-state index contributed by atoms with van der Waals surface area (Å²) in [5, 5.41) is 0. The number of rotatable bonds is 7. The Morgan fingerprint density at radius 2 is 0.456 bits per heavy atom. The number of hydrogen-bond donors (Lipinski definition) is 0. The molecule has 0 aliphatic rings. The molecule has 0 radical (unpaired) electrons. The molecule has 22 heteroatoms. The van der Waals surface area contributed by atoms with Gasteiger partial charge in [-0.25, -0.2) is 0 Å². The molecule has 7 rings (SSSR count). The summed E-state index contributed by atoms with van der Waals surface area (Å²) in [6.07, 6.45) is 0. The Morgan fingerprint density at radius 1 is 0.265 bits per heavy atom. The monoisotopic (exact) mass is 1060 g/mol. The summed E-state index contributed by atoms with van der Waals surface area (Å²) in [5.74, 6) is -70.5. The van der Waals surface area contributed by atoms with E-state index in [1.807, 2.05) is 0 Å². The van der Waals surface area contributed by atoms with Crippen molar-refractivity contribution in [3.05, 3.63) is 207 Å². The van der Waals surface area contributed by atoms with Gasteiger partial charge in [0.05, 0.1) is 10.9 Å². The maximum atomic E-state index is 15.4. The van der Waals surface area contributed by atoms with Crippen molar-refractivity contribution in [2.45, 2.75) is 40.9 Å². The van der Waals surface area contributed by atoms with Gasteiger partial charge in [0, 0.05) is 0 Å². The molecule has 7 aromatic rings. The molecule has 0 aromatic heterocycles. The van der Waals surface area contributed by atoms with Crippen LogP contribution in [0.3, 0.4) is 0 Å². The first-order chi connectivity index (χ1) is 31.8. The number of benzene rings is 7. The van der Waals surface area contributed by atoms with Gasteiger partial charge < -0.3 is 0 Å². The Hall–Kier alpha value is -5.87. The quantitative estimate of drug-likeness (QED) is 0.0491. The molecular weight excluding hydrogens is 1030 g/mol. The summed E-state index contributed by atoms with van der Waals surface area (Å²) < 4.78 is 281. The van der Waals surface area contributed by atoms with Gasteiger partial charge in [0.2, 0.25) is 0 Å². The molecule has 0 unspecified atom stereocenters. The zero-order chi connectivity index (χ0) is 50.6. The van der Waals surface area contributed by atoms with Crippen LogP contribution in [0, 0.1) is 116 Å². The molecule has 0 saturated carbocycles. The third-order valence-corrected chi connectivity index (χ3v) is 24.4. The van der Waals surface area contributed by atoms with Crippen LogP contribution in [0.2, 0.25) is 0 Å². The molecule has 0 saturated heterocycles. The molecule has 0 N–H and O–H groups in total. The summed E-state index contributed by atoms with van der Waals surface area (Å²) in [4.78, 5) is 4.10. The first-order valence-corrected chi connectivity index (χ1v) is 25.0. The van der Waals surface area contributed by atoms with E-state index in [1.165, 1.54) is 20.2 Å². The van der Waals surface area contributed by atoms with E-state index in [1.54, 1.807) is 0 Å². The van der Waals surface area contributed by atoms with E-state index < -0.39 is 148 Å². The summed E-state index contributed by atoms with van der Waals surface area (Å²) in [6, 6.07) is 30.7. The van der Waals surface area contributed by atoms with E-state index in [2.05, 4.69) is 106 Å². The summed E-state index contributed by atoms with van der Waals surface area (Å²) in [6.45, 7) is 6.78. The molecular formula is C46H23F20GaS. The van der Waals surface area contributed by atoms with Gasteiger partial charge >= 0.3 is 236 Å². The van der Waals surface area contributed by atoms with Crippen LogP contribution in [0.5, 0.6) is 0 Å². The first-order valence-electron chi connectivity index (χ1n) is 18.9. The summed E-state index contributed by atoms with van der Waals surface area (Å²) in [5.41, 5.74) is 1.57. The van der Waals surface area contributed by atoms with E-state index >= 15 is 35.1 Å². The van der Waals surface area contributed by atoms with Gasteiger partial charge in [-0.2, -0.15) is 0 Å². The van der Waals surface area contributed by atoms with Crippen LogP contribution < -0.4 is 16.5 Å². The van der Waals surface area contributed by atoms with E-state index in [4.69, 9.17) is 0 Å².